The molecule has 1 fully saturated rings. The van der Waals surface area contributed by atoms with Crippen molar-refractivity contribution in [2.24, 2.45) is 0 Å². The molecule has 0 aliphatic heterocycles. The van der Waals surface area contributed by atoms with Crippen LogP contribution in [0.25, 0.3) is 21.7 Å². The Bertz CT molecular complexity index is 981. The van der Waals surface area contributed by atoms with Crippen LogP contribution in [0.3, 0.4) is 0 Å². The van der Waals surface area contributed by atoms with Crippen molar-refractivity contribution in [2.45, 2.75) is 32.6 Å². The molecule has 0 saturated heterocycles. The highest BCUT2D eigenvalue weighted by atomic mass is 32.1. The van der Waals surface area contributed by atoms with Crippen molar-refractivity contribution in [3.63, 3.8) is 0 Å². The Morgan fingerprint density at radius 3 is 2.24 bits per heavy atom. The molecule has 4 rings (SSSR count). The highest BCUT2D eigenvalue weighted by Crippen LogP contribution is 2.43. The van der Waals surface area contributed by atoms with Gasteiger partial charge in [0.25, 0.3) is 0 Å². The first-order valence-corrected chi connectivity index (χ1v) is 9.27. The predicted molar refractivity (Wildman–Crippen MR) is 102 cm³/mol. The van der Waals surface area contributed by atoms with Crippen molar-refractivity contribution in [3.8, 4) is 27.6 Å². The first-order chi connectivity index (χ1) is 12.0. The summed E-state index contributed by atoms with van der Waals surface area (Å²) in [7, 11) is 0. The average molecular weight is 349 g/mol. The zero-order valence-electron chi connectivity index (χ0n) is 14.2. The summed E-state index contributed by atoms with van der Waals surface area (Å²) in [5.41, 5.74) is 5.36. The third-order valence-corrected chi connectivity index (χ3v) is 5.61. The van der Waals surface area contributed by atoms with Crippen LogP contribution in [-0.4, -0.2) is 10.1 Å². The summed E-state index contributed by atoms with van der Waals surface area (Å²) in [4.78, 5) is 17.1. The number of aryl methyl sites for hydroxylation is 2. The van der Waals surface area contributed by atoms with E-state index in [0.717, 1.165) is 33.6 Å². The lowest BCUT2D eigenvalue weighted by molar-refractivity contribution is 0.457. The molecule has 1 aliphatic carbocycles. The molecule has 0 unspecified atom stereocenters. The quantitative estimate of drug-likeness (QED) is 0.721. The Hall–Kier alpha value is -2.46. The van der Waals surface area contributed by atoms with Gasteiger partial charge in [0.1, 0.15) is 10.6 Å². The van der Waals surface area contributed by atoms with Gasteiger partial charge in [-0.1, -0.05) is 53.8 Å². The van der Waals surface area contributed by atoms with Gasteiger partial charge in [-0.25, -0.2) is 4.98 Å². The largest absolute Gasteiger partial charge is 0.493 e. The van der Waals surface area contributed by atoms with E-state index in [-0.39, 0.29) is 10.6 Å². The van der Waals surface area contributed by atoms with Crippen molar-refractivity contribution in [1.82, 2.24) is 4.98 Å². The monoisotopic (exact) mass is 349 g/mol. The Labute approximate surface area is 150 Å². The van der Waals surface area contributed by atoms with Crippen molar-refractivity contribution in [3.05, 3.63) is 68.7 Å². The second-order valence-corrected chi connectivity index (χ2v) is 7.64. The maximum absolute atomic E-state index is 12.8. The van der Waals surface area contributed by atoms with Crippen molar-refractivity contribution >= 4 is 11.3 Å². The van der Waals surface area contributed by atoms with E-state index in [9.17, 15) is 9.90 Å². The first-order valence-electron chi connectivity index (χ1n) is 8.45. The van der Waals surface area contributed by atoms with Gasteiger partial charge in [0.15, 0.2) is 0 Å². The maximum atomic E-state index is 12.8. The van der Waals surface area contributed by atoms with E-state index in [1.54, 1.807) is 0 Å². The smallest absolute Gasteiger partial charge is 0.247 e. The SMILES string of the molecule is Cc1cc(C2CC2)cc(C)c1-c1c(O)nc(-c2ccccc2)sc1=O. The summed E-state index contributed by atoms with van der Waals surface area (Å²) >= 11 is 1.08. The first kappa shape index (κ1) is 16.0. The van der Waals surface area contributed by atoms with Crippen molar-refractivity contribution < 1.29 is 5.11 Å². The third-order valence-electron chi connectivity index (χ3n) is 4.70. The molecule has 0 atom stereocenters. The zero-order valence-corrected chi connectivity index (χ0v) is 15.1. The van der Waals surface area contributed by atoms with Crippen LogP contribution in [-0.2, 0) is 0 Å². The molecule has 3 nitrogen and oxygen atoms in total. The summed E-state index contributed by atoms with van der Waals surface area (Å²) in [5, 5.41) is 11.1. The second-order valence-electron chi connectivity index (χ2n) is 6.68. The number of benzene rings is 2. The van der Waals surface area contributed by atoms with Gasteiger partial charge in [0, 0.05) is 5.56 Å². The van der Waals surface area contributed by atoms with Gasteiger partial charge in [-0.2, -0.15) is 0 Å². The second kappa shape index (κ2) is 6.12. The molecule has 4 heteroatoms. The van der Waals surface area contributed by atoms with Crippen molar-refractivity contribution in [1.29, 1.82) is 0 Å². The molecule has 1 aromatic heterocycles. The molecule has 1 N–H and O–H groups in total. The molecular formula is C21H19NO2S. The Balaban J connectivity index is 1.85. The summed E-state index contributed by atoms with van der Waals surface area (Å²) in [5.74, 6) is 0.473. The number of aromatic hydroxyl groups is 1. The van der Waals surface area contributed by atoms with Gasteiger partial charge in [-0.3, -0.25) is 4.79 Å². The normalized spacial score (nSPS) is 13.8. The van der Waals surface area contributed by atoms with Crippen LogP contribution >= 0.6 is 11.3 Å². The minimum atomic E-state index is -0.187. The lowest BCUT2D eigenvalue weighted by Crippen LogP contribution is -2.05. The predicted octanol–water partition coefficient (Wildman–Crippen LogP) is 5.04. The van der Waals surface area contributed by atoms with Gasteiger partial charge in [0.2, 0.25) is 10.6 Å². The van der Waals surface area contributed by atoms with Gasteiger partial charge in [-0.15, -0.1) is 0 Å². The van der Waals surface area contributed by atoms with Crippen LogP contribution in [0.4, 0.5) is 0 Å². The van der Waals surface area contributed by atoms with E-state index in [4.69, 9.17) is 0 Å². The number of nitrogens with zero attached hydrogens (tertiary/aromatic N) is 1. The van der Waals surface area contributed by atoms with E-state index in [1.807, 2.05) is 44.2 Å². The number of aromatic nitrogens is 1. The molecule has 3 aromatic rings. The summed E-state index contributed by atoms with van der Waals surface area (Å²) in [6, 6.07) is 13.8. The summed E-state index contributed by atoms with van der Waals surface area (Å²) in [6.07, 6.45) is 2.48. The molecule has 0 bridgehead atoms. The lowest BCUT2D eigenvalue weighted by atomic mass is 9.93. The van der Waals surface area contributed by atoms with E-state index < -0.39 is 0 Å². The summed E-state index contributed by atoms with van der Waals surface area (Å²) < 4.78 is -0.156. The highest BCUT2D eigenvalue weighted by molar-refractivity contribution is 7.12. The molecule has 0 amide bonds. The highest BCUT2D eigenvalue weighted by Gasteiger charge is 2.26. The molecule has 25 heavy (non-hydrogen) atoms. The Kier molecular flexibility index (Phi) is 3.92. The summed E-state index contributed by atoms with van der Waals surface area (Å²) in [6.45, 7) is 4.01. The number of rotatable bonds is 3. The van der Waals surface area contributed by atoms with Crippen LogP contribution in [0.1, 0.15) is 35.4 Å². The molecule has 0 spiro atoms. The standard InChI is InChI=1S/C21H19NO2S/c1-12-10-16(14-8-9-14)11-13(2)17(12)18-19(23)22-20(25-21(18)24)15-6-4-3-5-7-15/h3-7,10-11,14,23H,8-9H2,1-2H3. The minimum absolute atomic E-state index is 0.156. The van der Waals surface area contributed by atoms with E-state index in [0.29, 0.717) is 16.5 Å². The van der Waals surface area contributed by atoms with Gasteiger partial charge in [0.05, 0.1) is 0 Å². The fourth-order valence-corrected chi connectivity index (χ4v) is 4.22. The van der Waals surface area contributed by atoms with Crippen LogP contribution < -0.4 is 4.74 Å². The molecule has 2 aromatic carbocycles. The third kappa shape index (κ3) is 2.98. The van der Waals surface area contributed by atoms with Crippen LogP contribution in [0.2, 0.25) is 0 Å². The Morgan fingerprint density at radius 2 is 1.68 bits per heavy atom. The van der Waals surface area contributed by atoms with E-state index in [1.165, 1.54) is 18.4 Å². The number of hydrogen-bond donors (Lipinski definition) is 1. The minimum Gasteiger partial charge on any atom is -0.493 e. The van der Waals surface area contributed by atoms with Gasteiger partial charge < -0.3 is 5.11 Å². The molecule has 1 saturated carbocycles. The fraction of sp³-hybridized carbons (Fsp3) is 0.238. The van der Waals surface area contributed by atoms with Gasteiger partial charge >= 0.3 is 0 Å². The fourth-order valence-electron chi connectivity index (χ4n) is 3.37. The average Bonchev–Trinajstić information content (AvgIpc) is 3.42. The Morgan fingerprint density at radius 1 is 1.04 bits per heavy atom. The van der Waals surface area contributed by atoms with E-state index >= 15 is 0 Å². The molecular weight excluding hydrogens is 330 g/mol. The van der Waals surface area contributed by atoms with Crippen molar-refractivity contribution in [2.75, 3.05) is 0 Å². The molecule has 1 heterocycles. The molecule has 126 valence electrons. The molecule has 1 aliphatic rings. The van der Waals surface area contributed by atoms with Crippen LogP contribution in [0.5, 0.6) is 5.88 Å². The molecule has 0 radical (unpaired) electrons. The van der Waals surface area contributed by atoms with Gasteiger partial charge in [-0.05, 0) is 54.9 Å². The topological polar surface area (TPSA) is 50.2 Å². The zero-order chi connectivity index (χ0) is 17.6. The number of hydrogen-bond acceptors (Lipinski definition) is 4. The lowest BCUT2D eigenvalue weighted by Gasteiger charge is -2.13. The van der Waals surface area contributed by atoms with E-state index in [2.05, 4.69) is 17.1 Å². The maximum Gasteiger partial charge on any atom is 0.247 e. The van der Waals surface area contributed by atoms with Crippen LogP contribution in [0, 0.1) is 13.8 Å². The van der Waals surface area contributed by atoms with Crippen LogP contribution in [0.15, 0.2) is 47.3 Å².